The van der Waals surface area contributed by atoms with Crippen molar-refractivity contribution in [2.24, 2.45) is 11.3 Å². The summed E-state index contributed by atoms with van der Waals surface area (Å²) in [7, 11) is 0. The van der Waals surface area contributed by atoms with Gasteiger partial charge in [0.25, 0.3) is 0 Å². The Kier molecular flexibility index (Phi) is 3.18. The molecule has 0 aromatic heterocycles. The highest BCUT2D eigenvalue weighted by atomic mass is 35.5. The van der Waals surface area contributed by atoms with Gasteiger partial charge < -0.3 is 4.74 Å². The summed E-state index contributed by atoms with van der Waals surface area (Å²) in [6, 6.07) is 5.40. The average Bonchev–Trinajstić information content (AvgIpc) is 3.19. The van der Waals surface area contributed by atoms with Gasteiger partial charge in [0.2, 0.25) is 5.60 Å². The maximum Gasteiger partial charge on any atom is 0.413 e. The molecule has 0 spiro atoms. The molecule has 2 aliphatic rings. The molecule has 0 unspecified atom stereocenters. The van der Waals surface area contributed by atoms with E-state index in [4.69, 9.17) is 16.3 Å². The second kappa shape index (κ2) is 4.68. The maximum absolute atomic E-state index is 12.0. The third kappa shape index (κ3) is 2.49. The zero-order valence-corrected chi connectivity index (χ0v) is 13.2. The zero-order chi connectivity index (χ0) is 15.3. The Morgan fingerprint density at radius 1 is 1.38 bits per heavy atom. The number of hydrogen-bond acceptors (Lipinski definition) is 2. The van der Waals surface area contributed by atoms with Gasteiger partial charge in [-0.25, -0.2) is 4.79 Å². The number of rotatable bonds is 0. The highest BCUT2D eigenvalue weighted by molar-refractivity contribution is 6.30. The molecule has 1 N–H and O–H groups in total. The van der Waals surface area contributed by atoms with Crippen molar-refractivity contribution in [2.45, 2.75) is 39.2 Å². The lowest BCUT2D eigenvalue weighted by atomic mass is 9.71. The number of hydrogen-bond donors (Lipinski definition) is 1. The van der Waals surface area contributed by atoms with Crippen molar-refractivity contribution in [3.05, 3.63) is 28.8 Å². The van der Waals surface area contributed by atoms with Crippen LogP contribution in [0.2, 0.25) is 5.02 Å². The van der Waals surface area contributed by atoms with Crippen molar-refractivity contribution in [3.63, 3.8) is 0 Å². The lowest BCUT2D eigenvalue weighted by molar-refractivity contribution is -0.0243. The molecule has 0 bridgehead atoms. The first-order valence-corrected chi connectivity index (χ1v) is 7.52. The number of ether oxygens (including phenoxy) is 1. The number of nitrogens with one attached hydrogen (secondary N) is 1. The van der Waals surface area contributed by atoms with Crippen LogP contribution in [0.25, 0.3) is 0 Å². The fourth-order valence-corrected chi connectivity index (χ4v) is 2.69. The van der Waals surface area contributed by atoms with Crippen LogP contribution in [0.1, 0.15) is 39.2 Å². The van der Waals surface area contributed by atoms with E-state index in [1.807, 2.05) is 26.8 Å². The van der Waals surface area contributed by atoms with Gasteiger partial charge in [0.05, 0.1) is 5.69 Å². The van der Waals surface area contributed by atoms with Crippen molar-refractivity contribution in [2.75, 3.05) is 5.32 Å². The number of fused-ring (bicyclic) bond motifs is 1. The summed E-state index contributed by atoms with van der Waals surface area (Å²) in [5, 5.41) is 3.34. The lowest BCUT2D eigenvalue weighted by Gasteiger charge is -2.43. The molecule has 1 amide bonds. The van der Waals surface area contributed by atoms with E-state index in [2.05, 4.69) is 17.2 Å². The predicted octanol–water partition coefficient (Wildman–Crippen LogP) is 4.56. The third-order valence-electron chi connectivity index (χ3n) is 3.93. The van der Waals surface area contributed by atoms with Gasteiger partial charge in [-0.2, -0.15) is 0 Å². The first-order chi connectivity index (χ1) is 9.82. The number of carbonyl (C=O) groups excluding carboxylic acids is 1. The van der Waals surface area contributed by atoms with E-state index in [-0.39, 0.29) is 5.41 Å². The highest BCUT2D eigenvalue weighted by Crippen LogP contribution is 2.48. The Bertz CT molecular complexity index is 662. The van der Waals surface area contributed by atoms with Gasteiger partial charge in [-0.3, -0.25) is 5.32 Å². The summed E-state index contributed by atoms with van der Waals surface area (Å²) >= 11 is 6.15. The number of amides is 1. The first-order valence-electron chi connectivity index (χ1n) is 7.14. The molecule has 4 heteroatoms. The monoisotopic (exact) mass is 303 g/mol. The fraction of sp³-hybridized carbons (Fsp3) is 0.471. The van der Waals surface area contributed by atoms with E-state index in [1.54, 1.807) is 12.1 Å². The van der Waals surface area contributed by atoms with E-state index < -0.39 is 11.7 Å². The van der Waals surface area contributed by atoms with Crippen molar-refractivity contribution < 1.29 is 9.53 Å². The first kappa shape index (κ1) is 14.3. The molecular weight excluding hydrogens is 286 g/mol. The Morgan fingerprint density at radius 3 is 2.71 bits per heavy atom. The quantitative estimate of drug-likeness (QED) is 0.714. The molecule has 1 aliphatic heterocycles. The number of carbonyl (C=O) groups is 1. The third-order valence-corrected chi connectivity index (χ3v) is 4.16. The van der Waals surface area contributed by atoms with Gasteiger partial charge in [-0.05, 0) is 37.0 Å². The minimum atomic E-state index is -0.974. The van der Waals surface area contributed by atoms with Gasteiger partial charge >= 0.3 is 6.09 Å². The molecule has 1 atom stereocenters. The normalized spacial score (nSPS) is 24.3. The van der Waals surface area contributed by atoms with Gasteiger partial charge in [0.15, 0.2) is 0 Å². The number of halogens is 1. The molecule has 1 fully saturated rings. The molecule has 3 nitrogen and oxygen atoms in total. The highest BCUT2D eigenvalue weighted by Gasteiger charge is 2.50. The SMILES string of the molecule is CC(C)(C)[C@@]1(C#CC2CC2)OC(=O)Nc2ccc(Cl)cc21. The second-order valence-electron chi connectivity index (χ2n) is 6.68. The molecule has 1 saturated carbocycles. The summed E-state index contributed by atoms with van der Waals surface area (Å²) < 4.78 is 5.72. The molecular formula is C17H18ClNO2. The standard InChI is InChI=1S/C17H18ClNO2/c1-16(2,3)17(9-8-11-4-5-11)13-10-12(18)6-7-14(13)19-15(20)21-17/h6-7,10-11H,4-5H2,1-3H3,(H,19,20)/t17-/m0/s1. The lowest BCUT2D eigenvalue weighted by Crippen LogP contribution is -2.47. The largest absolute Gasteiger partial charge is 0.424 e. The summed E-state index contributed by atoms with van der Waals surface area (Å²) in [4.78, 5) is 12.0. The molecule has 1 aromatic carbocycles. The number of cyclic esters (lactones) is 1. The van der Waals surface area contributed by atoms with Crippen molar-refractivity contribution >= 4 is 23.4 Å². The van der Waals surface area contributed by atoms with Crippen molar-refractivity contribution in [1.82, 2.24) is 0 Å². The molecule has 1 heterocycles. The maximum atomic E-state index is 12.0. The van der Waals surface area contributed by atoms with Crippen LogP contribution in [0.4, 0.5) is 10.5 Å². The van der Waals surface area contributed by atoms with Gasteiger partial charge in [0.1, 0.15) is 0 Å². The molecule has 1 aliphatic carbocycles. The van der Waals surface area contributed by atoms with Gasteiger partial charge in [-0.15, -0.1) is 0 Å². The summed E-state index contributed by atoms with van der Waals surface area (Å²) in [6.45, 7) is 6.08. The molecule has 0 saturated heterocycles. The van der Waals surface area contributed by atoms with E-state index >= 15 is 0 Å². The Balaban J connectivity index is 2.22. The van der Waals surface area contributed by atoms with Crippen LogP contribution in [0.3, 0.4) is 0 Å². The molecule has 0 radical (unpaired) electrons. The Labute approximate surface area is 130 Å². The van der Waals surface area contributed by atoms with Crippen LogP contribution in [0, 0.1) is 23.2 Å². The van der Waals surface area contributed by atoms with Crippen LogP contribution >= 0.6 is 11.6 Å². The van der Waals surface area contributed by atoms with Crippen molar-refractivity contribution in [1.29, 1.82) is 0 Å². The summed E-state index contributed by atoms with van der Waals surface area (Å²) in [6.07, 6.45) is 1.79. The predicted molar refractivity (Wildman–Crippen MR) is 83.2 cm³/mol. The van der Waals surface area contributed by atoms with Crippen LogP contribution in [0.5, 0.6) is 0 Å². The fourth-order valence-electron chi connectivity index (χ4n) is 2.52. The van der Waals surface area contributed by atoms with E-state index in [0.29, 0.717) is 10.9 Å². The number of benzene rings is 1. The minimum Gasteiger partial charge on any atom is -0.424 e. The Morgan fingerprint density at radius 2 is 2.10 bits per heavy atom. The summed E-state index contributed by atoms with van der Waals surface area (Å²) in [5.74, 6) is 6.95. The Hall–Kier alpha value is -1.66. The van der Waals surface area contributed by atoms with Crippen LogP contribution < -0.4 is 5.32 Å². The molecule has 1 aromatic rings. The van der Waals surface area contributed by atoms with Crippen LogP contribution in [0.15, 0.2) is 18.2 Å². The molecule has 110 valence electrons. The topological polar surface area (TPSA) is 38.3 Å². The zero-order valence-electron chi connectivity index (χ0n) is 12.4. The smallest absolute Gasteiger partial charge is 0.413 e. The van der Waals surface area contributed by atoms with E-state index in [9.17, 15) is 4.79 Å². The minimum absolute atomic E-state index is 0.369. The molecule has 3 rings (SSSR count). The summed E-state index contributed by atoms with van der Waals surface area (Å²) in [5.41, 5.74) is 0.204. The number of anilines is 1. The average molecular weight is 304 g/mol. The van der Waals surface area contributed by atoms with Gasteiger partial charge in [-0.1, -0.05) is 38.3 Å². The van der Waals surface area contributed by atoms with Gasteiger partial charge in [0, 0.05) is 21.9 Å². The second-order valence-corrected chi connectivity index (χ2v) is 7.12. The van der Waals surface area contributed by atoms with Crippen LogP contribution in [-0.2, 0) is 10.3 Å². The van der Waals surface area contributed by atoms with E-state index in [0.717, 1.165) is 24.1 Å². The van der Waals surface area contributed by atoms with E-state index in [1.165, 1.54) is 0 Å². The van der Waals surface area contributed by atoms with Crippen molar-refractivity contribution in [3.8, 4) is 11.8 Å². The van der Waals surface area contributed by atoms with Crippen LogP contribution in [-0.4, -0.2) is 6.09 Å². The molecule has 21 heavy (non-hydrogen) atoms.